The summed E-state index contributed by atoms with van der Waals surface area (Å²) in [6.07, 6.45) is 6.27. The second-order valence-electron chi connectivity index (χ2n) is 6.60. The molecule has 0 radical (unpaired) electrons. The van der Waals surface area contributed by atoms with Gasteiger partial charge in [0.15, 0.2) is 0 Å². The maximum absolute atomic E-state index is 12.7. The molecule has 1 fully saturated rings. The zero-order valence-electron chi connectivity index (χ0n) is 15.1. The molecular formula is C19H27ClN4O2. The number of para-hydroxylation sites is 1. The molecule has 0 atom stereocenters. The highest BCUT2D eigenvalue weighted by Gasteiger charge is 2.39. The summed E-state index contributed by atoms with van der Waals surface area (Å²) < 4.78 is 7.18. The van der Waals surface area contributed by atoms with Gasteiger partial charge >= 0.3 is 0 Å². The van der Waals surface area contributed by atoms with Crippen molar-refractivity contribution in [3.63, 3.8) is 0 Å². The van der Waals surface area contributed by atoms with Crippen molar-refractivity contribution < 1.29 is 9.53 Å². The van der Waals surface area contributed by atoms with Crippen molar-refractivity contribution in [1.82, 2.24) is 20.4 Å². The molecule has 2 heterocycles. The van der Waals surface area contributed by atoms with Gasteiger partial charge in [-0.2, -0.15) is 5.10 Å². The Labute approximate surface area is 160 Å². The van der Waals surface area contributed by atoms with E-state index < -0.39 is 5.41 Å². The van der Waals surface area contributed by atoms with Crippen LogP contribution in [0.25, 0.3) is 5.69 Å². The van der Waals surface area contributed by atoms with Gasteiger partial charge in [0.25, 0.3) is 0 Å². The number of rotatable bonds is 7. The Balaban J connectivity index is 0.00000243. The third-order valence-electron chi connectivity index (χ3n) is 4.82. The molecule has 0 bridgehead atoms. The summed E-state index contributed by atoms with van der Waals surface area (Å²) in [4.78, 5) is 12.7. The van der Waals surface area contributed by atoms with Crippen LogP contribution in [0.15, 0.2) is 42.7 Å². The molecule has 1 saturated heterocycles. The number of amides is 1. The summed E-state index contributed by atoms with van der Waals surface area (Å²) in [5.74, 6) is 0.103. The second-order valence-corrected chi connectivity index (χ2v) is 6.60. The van der Waals surface area contributed by atoms with Crippen LogP contribution in [0, 0.1) is 5.41 Å². The number of hydrogen-bond acceptors (Lipinski definition) is 4. The van der Waals surface area contributed by atoms with E-state index in [4.69, 9.17) is 4.74 Å². The van der Waals surface area contributed by atoms with Crippen LogP contribution in [0.3, 0.4) is 0 Å². The Kier molecular flexibility index (Phi) is 7.63. The minimum absolute atomic E-state index is 0. The van der Waals surface area contributed by atoms with Crippen LogP contribution in [0.1, 0.15) is 18.4 Å². The quantitative estimate of drug-likeness (QED) is 0.773. The number of hydrogen-bond donors (Lipinski definition) is 2. The van der Waals surface area contributed by atoms with Crippen molar-refractivity contribution >= 4 is 18.3 Å². The van der Waals surface area contributed by atoms with Crippen molar-refractivity contribution in [2.24, 2.45) is 5.41 Å². The van der Waals surface area contributed by atoms with Crippen molar-refractivity contribution in [3.8, 4) is 5.69 Å². The van der Waals surface area contributed by atoms with Crippen molar-refractivity contribution in [3.05, 3.63) is 48.3 Å². The predicted octanol–water partition coefficient (Wildman–Crippen LogP) is 1.97. The summed E-state index contributed by atoms with van der Waals surface area (Å²) in [7, 11) is 1.66. The maximum Gasteiger partial charge on any atom is 0.228 e. The Morgan fingerprint density at radius 2 is 2.04 bits per heavy atom. The van der Waals surface area contributed by atoms with Crippen molar-refractivity contribution in [2.45, 2.75) is 19.3 Å². The Morgan fingerprint density at radius 1 is 1.31 bits per heavy atom. The van der Waals surface area contributed by atoms with Gasteiger partial charge in [0.1, 0.15) is 0 Å². The lowest BCUT2D eigenvalue weighted by atomic mass is 9.78. The average molecular weight is 379 g/mol. The molecule has 1 aromatic heterocycles. The van der Waals surface area contributed by atoms with Crippen LogP contribution in [0.5, 0.6) is 0 Å². The normalized spacial score (nSPS) is 15.9. The van der Waals surface area contributed by atoms with Gasteiger partial charge in [0, 0.05) is 19.9 Å². The fourth-order valence-corrected chi connectivity index (χ4v) is 3.34. The lowest BCUT2D eigenvalue weighted by Crippen LogP contribution is -2.50. The molecule has 2 aromatic rings. The summed E-state index contributed by atoms with van der Waals surface area (Å²) in [5, 5.41) is 10.8. The smallest absolute Gasteiger partial charge is 0.228 e. The molecule has 142 valence electrons. The van der Waals surface area contributed by atoms with Gasteiger partial charge in [-0.15, -0.1) is 12.4 Å². The van der Waals surface area contributed by atoms with E-state index in [1.165, 1.54) is 0 Å². The minimum atomic E-state index is -0.395. The van der Waals surface area contributed by atoms with Gasteiger partial charge < -0.3 is 15.4 Å². The monoisotopic (exact) mass is 378 g/mol. The van der Waals surface area contributed by atoms with Gasteiger partial charge in [0.2, 0.25) is 5.91 Å². The van der Waals surface area contributed by atoms with E-state index in [2.05, 4.69) is 15.7 Å². The summed E-state index contributed by atoms with van der Waals surface area (Å²) in [6.45, 7) is 2.81. The first-order valence-electron chi connectivity index (χ1n) is 8.80. The molecule has 3 rings (SSSR count). The first-order chi connectivity index (χ1) is 12.2. The fraction of sp³-hybridized carbons (Fsp3) is 0.474. The molecule has 2 N–H and O–H groups in total. The molecule has 6 nitrogen and oxygen atoms in total. The third kappa shape index (κ3) is 4.84. The molecule has 1 aliphatic rings. The van der Waals surface area contributed by atoms with E-state index in [0.29, 0.717) is 13.2 Å². The molecule has 1 aromatic carbocycles. The number of methoxy groups -OCH3 is 1. The fourth-order valence-electron chi connectivity index (χ4n) is 3.34. The van der Waals surface area contributed by atoms with Crippen LogP contribution in [-0.2, 0) is 16.0 Å². The molecule has 0 saturated carbocycles. The van der Waals surface area contributed by atoms with Crippen LogP contribution in [-0.4, -0.2) is 49.0 Å². The zero-order valence-corrected chi connectivity index (χ0v) is 15.9. The van der Waals surface area contributed by atoms with Crippen LogP contribution in [0.4, 0.5) is 0 Å². The predicted molar refractivity (Wildman–Crippen MR) is 104 cm³/mol. The zero-order chi connectivity index (χ0) is 17.5. The molecule has 0 aliphatic carbocycles. The van der Waals surface area contributed by atoms with Gasteiger partial charge in [-0.05, 0) is 50.0 Å². The van der Waals surface area contributed by atoms with Crippen molar-refractivity contribution in [2.75, 3.05) is 33.4 Å². The Bertz CT molecular complexity index is 678. The lowest BCUT2D eigenvalue weighted by Gasteiger charge is -2.35. The summed E-state index contributed by atoms with van der Waals surface area (Å²) in [5.41, 5.74) is 1.75. The van der Waals surface area contributed by atoms with Gasteiger partial charge in [-0.1, -0.05) is 18.2 Å². The van der Waals surface area contributed by atoms with E-state index >= 15 is 0 Å². The van der Waals surface area contributed by atoms with Gasteiger partial charge in [-0.25, -0.2) is 4.68 Å². The molecule has 1 amide bonds. The number of halogens is 1. The van der Waals surface area contributed by atoms with Crippen LogP contribution < -0.4 is 10.6 Å². The van der Waals surface area contributed by atoms with Gasteiger partial charge in [0.05, 0.1) is 23.9 Å². The molecule has 0 spiro atoms. The van der Waals surface area contributed by atoms with Crippen LogP contribution >= 0.6 is 12.4 Å². The Morgan fingerprint density at radius 3 is 2.73 bits per heavy atom. The second kappa shape index (κ2) is 9.71. The molecule has 26 heavy (non-hydrogen) atoms. The molecule has 1 aliphatic heterocycles. The Hall–Kier alpha value is -1.89. The highest BCUT2D eigenvalue weighted by molar-refractivity contribution is 5.85. The minimum Gasteiger partial charge on any atom is -0.384 e. The number of nitrogens with zero attached hydrogens (tertiary/aromatic N) is 2. The van der Waals surface area contributed by atoms with Gasteiger partial charge in [-0.3, -0.25) is 4.79 Å². The lowest BCUT2D eigenvalue weighted by molar-refractivity contribution is -0.136. The first kappa shape index (κ1) is 20.4. The summed E-state index contributed by atoms with van der Waals surface area (Å²) in [6, 6.07) is 10.0. The van der Waals surface area contributed by atoms with E-state index in [1.807, 2.05) is 47.4 Å². The molecular weight excluding hydrogens is 352 g/mol. The number of nitrogens with one attached hydrogen (secondary N) is 2. The van der Waals surface area contributed by atoms with E-state index in [1.54, 1.807) is 7.11 Å². The highest BCUT2D eigenvalue weighted by Crippen LogP contribution is 2.29. The summed E-state index contributed by atoms with van der Waals surface area (Å²) >= 11 is 0. The molecule has 0 unspecified atom stereocenters. The highest BCUT2D eigenvalue weighted by atomic mass is 35.5. The maximum atomic E-state index is 12.7. The molecule has 7 heteroatoms. The van der Waals surface area contributed by atoms with E-state index in [0.717, 1.165) is 43.6 Å². The van der Waals surface area contributed by atoms with Crippen LogP contribution in [0.2, 0.25) is 0 Å². The number of aromatic nitrogens is 2. The number of carbonyl (C=O) groups is 1. The number of piperidine rings is 1. The average Bonchev–Trinajstić information content (AvgIpc) is 3.12. The van der Waals surface area contributed by atoms with E-state index in [-0.39, 0.29) is 18.3 Å². The van der Waals surface area contributed by atoms with Crippen molar-refractivity contribution in [1.29, 1.82) is 0 Å². The largest absolute Gasteiger partial charge is 0.384 e. The topological polar surface area (TPSA) is 68.2 Å². The SMILES string of the molecule is COCC1(C(=O)NCCc2cnn(-c3ccccc3)c2)CCNCC1.Cl. The number of carbonyl (C=O) groups excluding carboxylic acids is 1. The number of ether oxygens (including phenoxy) is 1. The number of benzene rings is 1. The first-order valence-corrected chi connectivity index (χ1v) is 8.80. The third-order valence-corrected chi connectivity index (χ3v) is 4.82. The van der Waals surface area contributed by atoms with E-state index in [9.17, 15) is 4.79 Å². The standard InChI is InChI=1S/C19H26N4O2.ClH/c1-25-15-19(8-11-20-12-9-19)18(24)21-10-7-16-13-22-23(14-16)17-5-3-2-4-6-17;/h2-6,13-14,20H,7-12,15H2,1H3,(H,21,24);1H.